The minimum atomic E-state index is -0.571. The van der Waals surface area contributed by atoms with Crippen molar-refractivity contribution in [3.63, 3.8) is 0 Å². The number of fused-ring (bicyclic) bond motifs is 1. The largest absolute Gasteiger partial charge is 0.476 e. The van der Waals surface area contributed by atoms with Gasteiger partial charge in [0, 0.05) is 18.6 Å². The number of nitrogens with two attached hydrogens (primary N) is 1. The van der Waals surface area contributed by atoms with Crippen LogP contribution in [0.25, 0.3) is 0 Å². The van der Waals surface area contributed by atoms with Crippen molar-refractivity contribution >= 4 is 11.5 Å². The second-order valence-electron chi connectivity index (χ2n) is 4.87. The zero-order valence-corrected chi connectivity index (χ0v) is 10.9. The Balaban J connectivity index is 1.86. The first kappa shape index (κ1) is 13.0. The SMILES string of the molecule is COc1ncnc(NC2C(N)C3CCOC32)c1[N+](=O)[O-]. The maximum absolute atomic E-state index is 11.1. The van der Waals surface area contributed by atoms with Crippen molar-refractivity contribution < 1.29 is 14.4 Å². The van der Waals surface area contributed by atoms with E-state index < -0.39 is 4.92 Å². The van der Waals surface area contributed by atoms with Gasteiger partial charge in [0.2, 0.25) is 5.82 Å². The number of ether oxygens (including phenoxy) is 2. The average Bonchev–Trinajstić information content (AvgIpc) is 2.88. The van der Waals surface area contributed by atoms with Crippen molar-refractivity contribution in [3.05, 3.63) is 16.4 Å². The second kappa shape index (κ2) is 4.84. The molecule has 1 aromatic heterocycles. The number of nitrogens with one attached hydrogen (secondary N) is 1. The molecule has 0 radical (unpaired) electrons. The molecule has 3 rings (SSSR count). The fourth-order valence-electron chi connectivity index (χ4n) is 2.87. The van der Waals surface area contributed by atoms with E-state index in [1.807, 2.05) is 0 Å². The van der Waals surface area contributed by atoms with Gasteiger partial charge in [-0.05, 0) is 6.42 Å². The van der Waals surface area contributed by atoms with E-state index in [0.717, 1.165) is 6.42 Å². The van der Waals surface area contributed by atoms with Crippen LogP contribution in [0.2, 0.25) is 0 Å². The monoisotopic (exact) mass is 281 g/mol. The van der Waals surface area contributed by atoms with E-state index in [1.165, 1.54) is 13.4 Å². The van der Waals surface area contributed by atoms with E-state index >= 15 is 0 Å². The number of nitrogens with zero attached hydrogens (tertiary/aromatic N) is 3. The molecular weight excluding hydrogens is 266 g/mol. The van der Waals surface area contributed by atoms with Crippen LogP contribution in [0.4, 0.5) is 11.5 Å². The predicted octanol–water partition coefficient (Wildman–Crippen LogP) is -0.0801. The number of nitro groups is 1. The Morgan fingerprint density at radius 2 is 2.40 bits per heavy atom. The minimum Gasteiger partial charge on any atom is -0.476 e. The summed E-state index contributed by atoms with van der Waals surface area (Å²) in [5.74, 6) is 0.343. The Labute approximate surface area is 114 Å². The fourth-order valence-corrected chi connectivity index (χ4v) is 2.87. The van der Waals surface area contributed by atoms with Crippen molar-refractivity contribution in [2.75, 3.05) is 19.0 Å². The lowest BCUT2D eigenvalue weighted by atomic mass is 9.72. The van der Waals surface area contributed by atoms with Gasteiger partial charge in [0.25, 0.3) is 5.88 Å². The van der Waals surface area contributed by atoms with Gasteiger partial charge in [0.15, 0.2) is 0 Å². The van der Waals surface area contributed by atoms with Crippen LogP contribution in [0, 0.1) is 16.0 Å². The summed E-state index contributed by atoms with van der Waals surface area (Å²) < 4.78 is 10.5. The van der Waals surface area contributed by atoms with E-state index in [2.05, 4.69) is 15.3 Å². The van der Waals surface area contributed by atoms with E-state index in [4.69, 9.17) is 15.2 Å². The van der Waals surface area contributed by atoms with Crippen molar-refractivity contribution in [3.8, 4) is 5.88 Å². The van der Waals surface area contributed by atoms with Gasteiger partial charge in [-0.25, -0.2) is 4.98 Å². The highest BCUT2D eigenvalue weighted by Crippen LogP contribution is 2.41. The van der Waals surface area contributed by atoms with Gasteiger partial charge < -0.3 is 20.5 Å². The van der Waals surface area contributed by atoms with E-state index in [0.29, 0.717) is 12.5 Å². The summed E-state index contributed by atoms with van der Waals surface area (Å²) in [6, 6.07) is -0.274. The lowest BCUT2D eigenvalue weighted by molar-refractivity contribution is -0.385. The Kier molecular flexibility index (Phi) is 3.14. The third kappa shape index (κ3) is 1.86. The minimum absolute atomic E-state index is 0.00874. The van der Waals surface area contributed by atoms with Crippen molar-refractivity contribution in [2.45, 2.75) is 24.6 Å². The van der Waals surface area contributed by atoms with Crippen LogP contribution >= 0.6 is 0 Å². The first-order valence-corrected chi connectivity index (χ1v) is 6.30. The van der Waals surface area contributed by atoms with E-state index in [-0.39, 0.29) is 35.6 Å². The molecule has 1 aromatic rings. The average molecular weight is 281 g/mol. The van der Waals surface area contributed by atoms with Crippen molar-refractivity contribution in [1.82, 2.24) is 9.97 Å². The Hall–Kier alpha value is -2.00. The number of aromatic nitrogens is 2. The molecule has 4 atom stereocenters. The highest BCUT2D eigenvalue weighted by molar-refractivity contribution is 5.62. The maximum Gasteiger partial charge on any atom is 0.372 e. The number of anilines is 1. The van der Waals surface area contributed by atoms with Crippen LogP contribution in [0.1, 0.15) is 6.42 Å². The van der Waals surface area contributed by atoms with Crippen molar-refractivity contribution in [1.29, 1.82) is 0 Å². The normalized spacial score (nSPS) is 31.3. The maximum atomic E-state index is 11.1. The number of rotatable bonds is 4. The van der Waals surface area contributed by atoms with E-state index in [9.17, 15) is 10.1 Å². The Bertz CT molecular complexity index is 540. The molecule has 4 unspecified atom stereocenters. The highest BCUT2D eigenvalue weighted by Gasteiger charge is 2.52. The smallest absolute Gasteiger partial charge is 0.372 e. The summed E-state index contributed by atoms with van der Waals surface area (Å²) in [5, 5.41) is 14.1. The molecule has 2 heterocycles. The molecule has 1 saturated heterocycles. The molecular formula is C11H15N5O4. The van der Waals surface area contributed by atoms with Gasteiger partial charge in [-0.2, -0.15) is 4.98 Å². The van der Waals surface area contributed by atoms with Crippen LogP contribution in [0.15, 0.2) is 6.33 Å². The van der Waals surface area contributed by atoms with Crippen LogP contribution in [0.3, 0.4) is 0 Å². The molecule has 20 heavy (non-hydrogen) atoms. The van der Waals surface area contributed by atoms with Gasteiger partial charge in [0.05, 0.1) is 24.2 Å². The quantitative estimate of drug-likeness (QED) is 0.579. The summed E-state index contributed by atoms with van der Waals surface area (Å²) in [6.07, 6.45) is 2.13. The topological polar surface area (TPSA) is 125 Å². The first-order valence-electron chi connectivity index (χ1n) is 6.30. The zero-order valence-electron chi connectivity index (χ0n) is 10.9. The lowest BCUT2D eigenvalue weighted by Gasteiger charge is -2.45. The molecule has 9 heteroatoms. The lowest BCUT2D eigenvalue weighted by Crippen LogP contribution is -2.65. The predicted molar refractivity (Wildman–Crippen MR) is 68.5 cm³/mol. The van der Waals surface area contributed by atoms with Gasteiger partial charge >= 0.3 is 5.69 Å². The molecule has 1 aliphatic carbocycles. The second-order valence-corrected chi connectivity index (χ2v) is 4.87. The Morgan fingerprint density at radius 3 is 3.10 bits per heavy atom. The van der Waals surface area contributed by atoms with Gasteiger partial charge in [-0.1, -0.05) is 0 Å². The van der Waals surface area contributed by atoms with Gasteiger partial charge in [0.1, 0.15) is 6.33 Å². The molecule has 0 spiro atoms. The summed E-state index contributed by atoms with van der Waals surface area (Å²) in [7, 11) is 1.32. The summed E-state index contributed by atoms with van der Waals surface area (Å²) in [4.78, 5) is 18.2. The molecule has 0 bridgehead atoms. The molecule has 3 N–H and O–H groups in total. The third-order valence-corrected chi connectivity index (χ3v) is 3.91. The molecule has 9 nitrogen and oxygen atoms in total. The Morgan fingerprint density at radius 1 is 1.60 bits per heavy atom. The van der Waals surface area contributed by atoms with Gasteiger partial charge in [-0.3, -0.25) is 10.1 Å². The molecule has 2 aliphatic rings. The standard InChI is InChI=1S/C11H15N5O4/c1-19-11-8(16(17)18)10(13-4-14-11)15-7-6(12)5-2-3-20-9(5)7/h4-7,9H,2-3,12H2,1H3,(H,13,14,15). The van der Waals surface area contributed by atoms with Crippen molar-refractivity contribution in [2.24, 2.45) is 11.7 Å². The fraction of sp³-hybridized carbons (Fsp3) is 0.636. The van der Waals surface area contributed by atoms with E-state index in [1.54, 1.807) is 0 Å². The molecule has 108 valence electrons. The first-order chi connectivity index (χ1) is 9.63. The van der Waals surface area contributed by atoms with Gasteiger partial charge in [-0.15, -0.1) is 0 Å². The highest BCUT2D eigenvalue weighted by atomic mass is 16.6. The molecule has 2 fully saturated rings. The summed E-state index contributed by atoms with van der Waals surface area (Å²) >= 11 is 0. The van der Waals surface area contributed by atoms with Crippen LogP contribution in [-0.2, 0) is 4.74 Å². The molecule has 1 aliphatic heterocycles. The van der Waals surface area contributed by atoms with Crippen LogP contribution < -0.4 is 15.8 Å². The summed E-state index contributed by atoms with van der Waals surface area (Å²) in [6.45, 7) is 0.677. The molecule has 0 aromatic carbocycles. The van der Waals surface area contributed by atoms with Crippen LogP contribution in [-0.4, -0.2) is 46.8 Å². The molecule has 1 saturated carbocycles. The van der Waals surface area contributed by atoms with Crippen LogP contribution in [0.5, 0.6) is 5.88 Å². The third-order valence-electron chi connectivity index (χ3n) is 3.91. The number of hydrogen-bond acceptors (Lipinski definition) is 8. The molecule has 0 amide bonds. The zero-order chi connectivity index (χ0) is 14.3. The number of methoxy groups -OCH3 is 1. The summed E-state index contributed by atoms with van der Waals surface area (Å²) in [5.41, 5.74) is 5.78. The number of hydrogen-bond donors (Lipinski definition) is 2.